The second-order valence-electron chi connectivity index (χ2n) is 7.80. The van der Waals surface area contributed by atoms with Gasteiger partial charge in [0.05, 0.1) is 16.9 Å². The van der Waals surface area contributed by atoms with Crippen LogP contribution in [0, 0.1) is 5.82 Å². The second-order valence-corrected chi connectivity index (χ2v) is 7.80. The van der Waals surface area contributed by atoms with Crippen molar-refractivity contribution in [2.75, 3.05) is 15.5 Å². The number of fused-ring (bicyclic) bond motifs is 3. The van der Waals surface area contributed by atoms with Crippen molar-refractivity contribution < 1.29 is 23.9 Å². The Labute approximate surface area is 193 Å². The summed E-state index contributed by atoms with van der Waals surface area (Å²) in [6.45, 7) is 0. The van der Waals surface area contributed by atoms with Gasteiger partial charge in [0.25, 0.3) is 5.91 Å². The van der Waals surface area contributed by atoms with Crippen molar-refractivity contribution in [3.63, 3.8) is 0 Å². The molecule has 1 aliphatic rings. The third-order valence-electron chi connectivity index (χ3n) is 5.56. The third-order valence-corrected chi connectivity index (χ3v) is 5.56. The Morgan fingerprint density at radius 2 is 1.74 bits per heavy atom. The van der Waals surface area contributed by atoms with Gasteiger partial charge in [-0.2, -0.15) is 0 Å². The van der Waals surface area contributed by atoms with Crippen molar-refractivity contribution >= 4 is 51.2 Å². The lowest BCUT2D eigenvalue weighted by molar-refractivity contribution is -0.124. The number of amides is 3. The number of benzene rings is 4. The van der Waals surface area contributed by atoms with Gasteiger partial charge in [0.1, 0.15) is 18.0 Å². The molecule has 7 nitrogen and oxygen atoms in total. The van der Waals surface area contributed by atoms with E-state index < -0.39 is 23.4 Å². The standard InChI is InChI=1S/C26H18FN3O4/c27-16-6-11-20(22(31)13-16)26(34)28-17-7-9-18(10-8-17)30-21-12-5-15-3-1-2-4-19(15)25(21)29-23(32)14-24(30)33/h1-13,31H,14H2,(H,28,34)(H,29,32). The maximum Gasteiger partial charge on any atom is 0.259 e. The van der Waals surface area contributed by atoms with Crippen LogP contribution in [-0.2, 0) is 9.59 Å². The zero-order chi connectivity index (χ0) is 23.8. The maximum absolute atomic E-state index is 13.2. The van der Waals surface area contributed by atoms with Crippen LogP contribution in [0.3, 0.4) is 0 Å². The zero-order valence-corrected chi connectivity index (χ0v) is 17.7. The average Bonchev–Trinajstić information content (AvgIpc) is 2.94. The van der Waals surface area contributed by atoms with Gasteiger partial charge in [-0.3, -0.25) is 19.3 Å². The van der Waals surface area contributed by atoms with Gasteiger partial charge in [0, 0.05) is 22.8 Å². The first-order valence-corrected chi connectivity index (χ1v) is 10.5. The monoisotopic (exact) mass is 455 g/mol. The number of anilines is 4. The highest BCUT2D eigenvalue weighted by Gasteiger charge is 2.28. The number of hydrogen-bond acceptors (Lipinski definition) is 4. The van der Waals surface area contributed by atoms with Crippen molar-refractivity contribution in [1.82, 2.24) is 0 Å². The molecule has 3 amide bonds. The normalized spacial score (nSPS) is 13.3. The van der Waals surface area contributed by atoms with Crippen LogP contribution >= 0.6 is 0 Å². The summed E-state index contributed by atoms with van der Waals surface area (Å²) in [5.74, 6) is -2.51. The van der Waals surface area contributed by atoms with Crippen LogP contribution < -0.4 is 15.5 Å². The largest absolute Gasteiger partial charge is 0.507 e. The Balaban J connectivity index is 1.48. The SMILES string of the molecule is O=C1CC(=O)N(c2ccc(NC(=O)c3ccc(F)cc3O)cc2)c2ccc3ccccc3c2N1. The molecule has 0 aromatic heterocycles. The number of rotatable bonds is 3. The molecule has 168 valence electrons. The van der Waals surface area contributed by atoms with E-state index in [9.17, 15) is 23.9 Å². The van der Waals surface area contributed by atoms with E-state index in [1.807, 2.05) is 30.3 Å². The Hall–Kier alpha value is -4.72. The van der Waals surface area contributed by atoms with Gasteiger partial charge in [0.15, 0.2) is 0 Å². The van der Waals surface area contributed by atoms with E-state index in [-0.39, 0.29) is 17.9 Å². The molecule has 4 aromatic rings. The van der Waals surface area contributed by atoms with E-state index in [1.165, 1.54) is 11.0 Å². The Bertz CT molecular complexity index is 1470. The average molecular weight is 455 g/mol. The topological polar surface area (TPSA) is 98.7 Å². The molecule has 1 heterocycles. The molecule has 0 radical (unpaired) electrons. The molecule has 34 heavy (non-hydrogen) atoms. The zero-order valence-electron chi connectivity index (χ0n) is 17.7. The van der Waals surface area contributed by atoms with Crippen LogP contribution in [0.4, 0.5) is 27.1 Å². The van der Waals surface area contributed by atoms with Gasteiger partial charge < -0.3 is 15.7 Å². The van der Waals surface area contributed by atoms with E-state index in [1.54, 1.807) is 30.3 Å². The van der Waals surface area contributed by atoms with Crippen molar-refractivity contribution in [3.8, 4) is 5.75 Å². The highest BCUT2D eigenvalue weighted by Crippen LogP contribution is 2.40. The number of aromatic hydroxyl groups is 1. The fourth-order valence-electron chi connectivity index (χ4n) is 3.98. The summed E-state index contributed by atoms with van der Waals surface area (Å²) in [5, 5.41) is 17.0. The fourth-order valence-corrected chi connectivity index (χ4v) is 3.98. The molecular formula is C26H18FN3O4. The van der Waals surface area contributed by atoms with E-state index in [0.29, 0.717) is 22.7 Å². The van der Waals surface area contributed by atoms with Crippen LogP contribution in [-0.4, -0.2) is 22.8 Å². The minimum Gasteiger partial charge on any atom is -0.507 e. The Morgan fingerprint density at radius 1 is 0.971 bits per heavy atom. The minimum absolute atomic E-state index is 0.0708. The van der Waals surface area contributed by atoms with Crippen LogP contribution in [0.15, 0.2) is 78.9 Å². The Kier molecular flexibility index (Phi) is 5.18. The number of phenols is 1. The lowest BCUT2D eigenvalue weighted by atomic mass is 10.1. The predicted octanol–water partition coefficient (Wildman–Crippen LogP) is 4.94. The van der Waals surface area contributed by atoms with Gasteiger partial charge in [-0.25, -0.2) is 4.39 Å². The van der Waals surface area contributed by atoms with Gasteiger partial charge >= 0.3 is 0 Å². The maximum atomic E-state index is 13.2. The molecule has 0 aliphatic carbocycles. The summed E-state index contributed by atoms with van der Waals surface area (Å²) in [6, 6.07) is 20.9. The molecule has 0 unspecified atom stereocenters. The predicted molar refractivity (Wildman–Crippen MR) is 127 cm³/mol. The van der Waals surface area contributed by atoms with Crippen molar-refractivity contribution in [1.29, 1.82) is 0 Å². The molecule has 0 spiro atoms. The minimum atomic E-state index is -0.651. The van der Waals surface area contributed by atoms with Crippen LogP contribution in [0.25, 0.3) is 10.8 Å². The molecule has 0 bridgehead atoms. The van der Waals surface area contributed by atoms with Crippen LogP contribution in [0.1, 0.15) is 16.8 Å². The first kappa shape index (κ1) is 21.1. The summed E-state index contributed by atoms with van der Waals surface area (Å²) in [6.07, 6.45) is -0.314. The number of carbonyl (C=O) groups is 3. The lowest BCUT2D eigenvalue weighted by Crippen LogP contribution is -2.26. The fraction of sp³-hybridized carbons (Fsp3) is 0.0385. The molecule has 0 fully saturated rings. The molecular weight excluding hydrogens is 437 g/mol. The van der Waals surface area contributed by atoms with Crippen molar-refractivity contribution in [2.45, 2.75) is 6.42 Å². The summed E-state index contributed by atoms with van der Waals surface area (Å²) >= 11 is 0. The number of carbonyl (C=O) groups excluding carboxylic acids is 3. The van der Waals surface area contributed by atoms with E-state index >= 15 is 0 Å². The third kappa shape index (κ3) is 3.81. The van der Waals surface area contributed by atoms with E-state index in [0.717, 1.165) is 22.9 Å². The van der Waals surface area contributed by atoms with Crippen LogP contribution in [0.2, 0.25) is 0 Å². The number of halogens is 1. The summed E-state index contributed by atoms with van der Waals surface area (Å²) in [5.41, 5.74) is 1.95. The molecule has 0 saturated carbocycles. The molecule has 8 heteroatoms. The van der Waals surface area contributed by atoms with Gasteiger partial charge in [-0.05, 0) is 47.9 Å². The molecule has 0 atom stereocenters. The second kappa shape index (κ2) is 8.32. The first-order valence-electron chi connectivity index (χ1n) is 10.5. The quantitative estimate of drug-likeness (QED) is 0.381. The number of hydrogen-bond donors (Lipinski definition) is 3. The Morgan fingerprint density at radius 3 is 2.50 bits per heavy atom. The van der Waals surface area contributed by atoms with Gasteiger partial charge in [0.2, 0.25) is 11.8 Å². The van der Waals surface area contributed by atoms with Gasteiger partial charge in [-0.15, -0.1) is 0 Å². The number of phenolic OH excluding ortho intramolecular Hbond substituents is 1. The van der Waals surface area contributed by atoms with Crippen LogP contribution in [0.5, 0.6) is 5.75 Å². The molecule has 0 saturated heterocycles. The van der Waals surface area contributed by atoms with Gasteiger partial charge in [-0.1, -0.05) is 30.3 Å². The van der Waals surface area contributed by atoms with Crippen molar-refractivity contribution in [3.05, 3.63) is 90.2 Å². The summed E-state index contributed by atoms with van der Waals surface area (Å²) in [4.78, 5) is 39.3. The first-order chi connectivity index (χ1) is 16.4. The highest BCUT2D eigenvalue weighted by molar-refractivity contribution is 6.21. The summed E-state index contributed by atoms with van der Waals surface area (Å²) in [7, 11) is 0. The van der Waals surface area contributed by atoms with E-state index in [4.69, 9.17) is 0 Å². The summed E-state index contributed by atoms with van der Waals surface area (Å²) < 4.78 is 13.2. The molecule has 1 aliphatic heterocycles. The van der Waals surface area contributed by atoms with E-state index in [2.05, 4.69) is 10.6 Å². The molecule has 5 rings (SSSR count). The molecule has 3 N–H and O–H groups in total. The van der Waals surface area contributed by atoms with Crippen molar-refractivity contribution in [2.24, 2.45) is 0 Å². The highest BCUT2D eigenvalue weighted by atomic mass is 19.1. The number of nitrogens with one attached hydrogen (secondary N) is 2. The molecule has 4 aromatic carbocycles. The smallest absolute Gasteiger partial charge is 0.259 e. The lowest BCUT2D eigenvalue weighted by Gasteiger charge is -2.23. The number of nitrogens with zero attached hydrogens (tertiary/aromatic N) is 1.